The molecule has 0 saturated heterocycles. The number of hydrazone groups is 1. The first kappa shape index (κ1) is 8.74. The summed E-state index contributed by atoms with van der Waals surface area (Å²) in [4.78, 5) is 4.16. The molecule has 0 amide bonds. The zero-order chi connectivity index (χ0) is 9.97. The molecule has 1 heterocycles. The van der Waals surface area contributed by atoms with Crippen molar-refractivity contribution in [2.24, 2.45) is 15.8 Å². The number of hydrogen-bond donors (Lipinski definition) is 2. The van der Waals surface area contributed by atoms with Crippen molar-refractivity contribution in [3.8, 4) is 0 Å². The molecule has 0 saturated carbocycles. The quantitative estimate of drug-likeness (QED) is 0.523. The van der Waals surface area contributed by atoms with Gasteiger partial charge in [0.15, 0.2) is 0 Å². The van der Waals surface area contributed by atoms with E-state index in [0.29, 0.717) is 12.4 Å². The number of amidine groups is 1. The van der Waals surface area contributed by atoms with Gasteiger partial charge in [-0.25, -0.2) is 0 Å². The highest BCUT2D eigenvalue weighted by molar-refractivity contribution is 6.01. The van der Waals surface area contributed by atoms with Gasteiger partial charge in [0.25, 0.3) is 0 Å². The maximum absolute atomic E-state index is 5.70. The van der Waals surface area contributed by atoms with E-state index >= 15 is 0 Å². The number of rotatable bonds is 2. The fourth-order valence-corrected chi connectivity index (χ4v) is 1.47. The molecule has 0 bridgehead atoms. The maximum Gasteiger partial charge on any atom is 0.126 e. The summed E-state index contributed by atoms with van der Waals surface area (Å²) in [5.41, 5.74) is 11.7. The van der Waals surface area contributed by atoms with Crippen LogP contribution in [0.4, 0.5) is 0 Å². The van der Waals surface area contributed by atoms with Gasteiger partial charge in [0.1, 0.15) is 5.84 Å². The van der Waals surface area contributed by atoms with Crippen LogP contribution in [0.2, 0.25) is 0 Å². The van der Waals surface area contributed by atoms with Crippen molar-refractivity contribution in [1.82, 2.24) is 5.43 Å². The summed E-state index contributed by atoms with van der Waals surface area (Å²) in [6, 6.07) is 6.02. The number of nitrogens with one attached hydrogen (secondary N) is 1. The first-order valence-electron chi connectivity index (χ1n) is 4.44. The smallest absolute Gasteiger partial charge is 0.126 e. The molecule has 4 heteroatoms. The summed E-state index contributed by atoms with van der Waals surface area (Å²) in [6.07, 6.45) is 1.77. The molecule has 0 spiro atoms. The fraction of sp³-hybridized carbons (Fsp3) is 0.200. The lowest BCUT2D eigenvalue weighted by molar-refractivity contribution is 0.908. The Balaban J connectivity index is 2.31. The Morgan fingerprint density at radius 2 is 2.43 bits per heavy atom. The van der Waals surface area contributed by atoms with Crippen molar-refractivity contribution in [3.63, 3.8) is 0 Å². The number of nitrogens with two attached hydrogens (primary N) is 1. The second-order valence-electron chi connectivity index (χ2n) is 3.10. The van der Waals surface area contributed by atoms with Crippen molar-refractivity contribution in [2.75, 3.05) is 7.05 Å². The van der Waals surface area contributed by atoms with E-state index in [4.69, 9.17) is 5.73 Å². The molecule has 3 N–H and O–H groups in total. The summed E-state index contributed by atoms with van der Waals surface area (Å²) >= 11 is 0. The monoisotopic (exact) mass is 188 g/mol. The molecular formula is C10H12N4. The lowest BCUT2D eigenvalue weighted by Gasteiger charge is -2.00. The summed E-state index contributed by atoms with van der Waals surface area (Å²) in [7, 11) is 1.77. The van der Waals surface area contributed by atoms with Gasteiger partial charge >= 0.3 is 0 Å². The lowest BCUT2D eigenvalue weighted by atomic mass is 10.1. The van der Waals surface area contributed by atoms with Crippen LogP contribution in [0.1, 0.15) is 16.7 Å². The highest BCUT2D eigenvalue weighted by atomic mass is 15.3. The van der Waals surface area contributed by atoms with Crippen molar-refractivity contribution < 1.29 is 0 Å². The van der Waals surface area contributed by atoms with E-state index in [1.165, 1.54) is 5.56 Å². The molecule has 2 rings (SSSR count). The summed E-state index contributed by atoms with van der Waals surface area (Å²) in [6.45, 7) is 0.683. The van der Waals surface area contributed by atoms with Crippen LogP contribution in [0, 0.1) is 0 Å². The zero-order valence-corrected chi connectivity index (χ0v) is 7.99. The second-order valence-corrected chi connectivity index (χ2v) is 3.10. The Kier molecular flexibility index (Phi) is 2.18. The van der Waals surface area contributed by atoms with Crippen LogP contribution < -0.4 is 11.2 Å². The minimum Gasteiger partial charge on any atom is -0.383 e. The Morgan fingerprint density at radius 3 is 3.21 bits per heavy atom. The number of fused-ring (bicyclic) bond motifs is 1. The predicted molar refractivity (Wildman–Crippen MR) is 57.5 cm³/mol. The van der Waals surface area contributed by atoms with Crippen LogP contribution in [0.25, 0.3) is 0 Å². The van der Waals surface area contributed by atoms with Gasteiger partial charge in [-0.2, -0.15) is 5.10 Å². The molecule has 1 aromatic rings. The predicted octanol–water partition coefficient (Wildman–Crippen LogP) is 0.459. The van der Waals surface area contributed by atoms with Gasteiger partial charge < -0.3 is 11.2 Å². The van der Waals surface area contributed by atoms with Gasteiger partial charge in [-0.05, 0) is 17.2 Å². The minimum absolute atomic E-state index is 0.636. The third-order valence-electron chi connectivity index (χ3n) is 2.17. The van der Waals surface area contributed by atoms with E-state index in [1.807, 2.05) is 12.1 Å². The van der Waals surface area contributed by atoms with Crippen LogP contribution in [0.3, 0.4) is 0 Å². The van der Waals surface area contributed by atoms with Crippen LogP contribution >= 0.6 is 0 Å². The van der Waals surface area contributed by atoms with Gasteiger partial charge in [0.05, 0.1) is 12.8 Å². The third-order valence-corrected chi connectivity index (χ3v) is 2.17. The largest absolute Gasteiger partial charge is 0.383 e. The number of nitrogens with zero attached hydrogens (tertiary/aromatic N) is 2. The molecule has 1 aromatic carbocycles. The van der Waals surface area contributed by atoms with Crippen LogP contribution in [0.15, 0.2) is 28.3 Å². The standard InChI is InChI=1S/C10H12N4/c1-12-14-5-7-2-3-9-8(4-7)6-13-10(9)11/h2-5,12H,6H2,1H3,(H2,11,13)/b14-5+. The van der Waals surface area contributed by atoms with E-state index in [0.717, 1.165) is 11.1 Å². The first-order chi connectivity index (χ1) is 6.81. The first-order valence-corrected chi connectivity index (χ1v) is 4.44. The van der Waals surface area contributed by atoms with Gasteiger partial charge in [0.2, 0.25) is 0 Å². The molecule has 0 radical (unpaired) electrons. The topological polar surface area (TPSA) is 62.8 Å². The SMILES string of the molecule is CN/N=C/c1ccc2c(c1)CN=C2N. The maximum atomic E-state index is 5.70. The van der Waals surface area contributed by atoms with Crippen LogP contribution in [-0.2, 0) is 6.54 Å². The highest BCUT2D eigenvalue weighted by Gasteiger charge is 2.12. The Labute approximate surface area is 82.5 Å². The summed E-state index contributed by atoms with van der Waals surface area (Å²) in [5, 5.41) is 3.94. The molecule has 0 aromatic heterocycles. The van der Waals surface area contributed by atoms with Gasteiger partial charge in [-0.15, -0.1) is 0 Å². The molecular weight excluding hydrogens is 176 g/mol. The molecule has 0 unspecified atom stereocenters. The highest BCUT2D eigenvalue weighted by Crippen LogP contribution is 2.17. The van der Waals surface area contributed by atoms with Crippen molar-refractivity contribution in [3.05, 3.63) is 34.9 Å². The van der Waals surface area contributed by atoms with E-state index in [1.54, 1.807) is 13.3 Å². The van der Waals surface area contributed by atoms with E-state index < -0.39 is 0 Å². The summed E-state index contributed by atoms with van der Waals surface area (Å²) < 4.78 is 0. The molecule has 0 fully saturated rings. The molecule has 4 nitrogen and oxygen atoms in total. The molecule has 0 atom stereocenters. The number of aliphatic imine (C=N–C) groups is 1. The normalized spacial score (nSPS) is 14.2. The van der Waals surface area contributed by atoms with Crippen molar-refractivity contribution in [2.45, 2.75) is 6.54 Å². The van der Waals surface area contributed by atoms with Gasteiger partial charge in [0, 0.05) is 12.6 Å². The van der Waals surface area contributed by atoms with E-state index in [9.17, 15) is 0 Å². The Morgan fingerprint density at radius 1 is 1.57 bits per heavy atom. The Hall–Kier alpha value is -1.84. The number of benzene rings is 1. The molecule has 1 aliphatic heterocycles. The molecule has 72 valence electrons. The lowest BCUT2D eigenvalue weighted by Crippen LogP contribution is -2.10. The van der Waals surface area contributed by atoms with Crippen molar-refractivity contribution >= 4 is 12.1 Å². The third kappa shape index (κ3) is 1.46. The molecule has 14 heavy (non-hydrogen) atoms. The molecule has 0 aliphatic carbocycles. The zero-order valence-electron chi connectivity index (χ0n) is 7.99. The van der Waals surface area contributed by atoms with Crippen LogP contribution in [0.5, 0.6) is 0 Å². The van der Waals surface area contributed by atoms with E-state index in [-0.39, 0.29) is 0 Å². The second kappa shape index (κ2) is 3.49. The minimum atomic E-state index is 0.636. The average molecular weight is 188 g/mol. The molecule has 1 aliphatic rings. The van der Waals surface area contributed by atoms with Gasteiger partial charge in [-0.3, -0.25) is 4.99 Å². The fourth-order valence-electron chi connectivity index (χ4n) is 1.47. The van der Waals surface area contributed by atoms with Crippen LogP contribution in [-0.4, -0.2) is 19.1 Å². The number of hydrogen-bond acceptors (Lipinski definition) is 4. The average Bonchev–Trinajstić information content (AvgIpc) is 2.57. The summed E-state index contributed by atoms with van der Waals surface area (Å²) in [5.74, 6) is 0.636. The van der Waals surface area contributed by atoms with E-state index in [2.05, 4.69) is 21.6 Å². The Bertz CT molecular complexity index is 407. The van der Waals surface area contributed by atoms with Crippen molar-refractivity contribution in [1.29, 1.82) is 0 Å². The van der Waals surface area contributed by atoms with Gasteiger partial charge in [-0.1, -0.05) is 12.1 Å².